The predicted octanol–water partition coefficient (Wildman–Crippen LogP) is 3.02. The molecule has 2 aromatic rings. The minimum absolute atomic E-state index is 0.104. The van der Waals surface area contributed by atoms with Crippen LogP contribution in [0.25, 0.3) is 0 Å². The average molecular weight is 346 g/mol. The number of carbonyl (C=O) groups is 1. The number of halogens is 1. The molecule has 2 N–H and O–H groups in total. The molecule has 124 valence electrons. The van der Waals surface area contributed by atoms with Crippen LogP contribution >= 0.6 is 11.6 Å². The normalized spacial score (nSPS) is 15.1. The molecule has 7 heteroatoms. The summed E-state index contributed by atoms with van der Waals surface area (Å²) in [6.07, 6.45) is 1.09. The summed E-state index contributed by atoms with van der Waals surface area (Å²) >= 11 is 5.66. The molecule has 1 amide bonds. The van der Waals surface area contributed by atoms with Crippen molar-refractivity contribution < 1.29 is 14.3 Å². The van der Waals surface area contributed by atoms with Crippen molar-refractivity contribution in [2.75, 3.05) is 23.3 Å². The number of rotatable bonds is 3. The highest BCUT2D eigenvalue weighted by Gasteiger charge is 2.20. The number of nitrogens with zero attached hydrogens (tertiary/aromatic N) is 2. The van der Waals surface area contributed by atoms with Crippen LogP contribution in [0, 0.1) is 11.3 Å². The molecule has 0 unspecified atom stereocenters. The lowest BCUT2D eigenvalue weighted by molar-refractivity contribution is 0.0996. The first kappa shape index (κ1) is 16.4. The van der Waals surface area contributed by atoms with Gasteiger partial charge in [-0.05, 0) is 54.8 Å². The third kappa shape index (κ3) is 3.53. The number of hydrogen-bond acceptors (Lipinski definition) is 5. The fraction of sp³-hybridized carbons (Fsp3) is 0.294. The van der Waals surface area contributed by atoms with Gasteiger partial charge in [-0.2, -0.15) is 5.26 Å². The van der Waals surface area contributed by atoms with E-state index in [0.29, 0.717) is 37.2 Å². The minimum Gasteiger partial charge on any atom is -0.440 e. The van der Waals surface area contributed by atoms with E-state index in [1.54, 1.807) is 18.2 Å². The van der Waals surface area contributed by atoms with Gasteiger partial charge in [-0.3, -0.25) is 4.79 Å². The van der Waals surface area contributed by atoms with E-state index < -0.39 is 5.91 Å². The highest BCUT2D eigenvalue weighted by Crippen LogP contribution is 2.27. The van der Waals surface area contributed by atoms with Crippen LogP contribution in [-0.4, -0.2) is 30.2 Å². The van der Waals surface area contributed by atoms with Crippen molar-refractivity contribution in [3.8, 4) is 6.07 Å². The number of hydrogen-bond donors (Lipinski definition) is 2. The summed E-state index contributed by atoms with van der Waals surface area (Å²) in [7, 11) is 0. The molecule has 1 saturated heterocycles. The van der Waals surface area contributed by atoms with Crippen molar-refractivity contribution in [1.29, 1.82) is 5.26 Å². The molecule has 0 atom stereocenters. The highest BCUT2D eigenvalue weighted by atomic mass is 35.5. The Hall–Kier alpha value is -2.49. The van der Waals surface area contributed by atoms with Crippen LogP contribution in [0.1, 0.15) is 29.0 Å². The molecule has 0 spiro atoms. The van der Waals surface area contributed by atoms with E-state index >= 15 is 0 Å². The Bertz CT molecular complexity index is 789. The molecule has 2 heterocycles. The van der Waals surface area contributed by atoms with E-state index in [-0.39, 0.29) is 17.1 Å². The summed E-state index contributed by atoms with van der Waals surface area (Å²) in [5.74, 6) is -0.327. The third-order valence-electron chi connectivity index (χ3n) is 3.98. The number of nitriles is 1. The lowest BCUT2D eigenvalue weighted by Crippen LogP contribution is -2.36. The molecular formula is C17H16ClN3O3. The molecule has 0 saturated carbocycles. The molecule has 24 heavy (non-hydrogen) atoms. The maximum absolute atomic E-state index is 12.1. The van der Waals surface area contributed by atoms with Gasteiger partial charge < -0.3 is 19.7 Å². The van der Waals surface area contributed by atoms with Gasteiger partial charge >= 0.3 is 0 Å². The minimum atomic E-state index is -0.431. The van der Waals surface area contributed by atoms with Gasteiger partial charge in [0.1, 0.15) is 6.07 Å². The van der Waals surface area contributed by atoms with Gasteiger partial charge in [0.15, 0.2) is 11.0 Å². The summed E-state index contributed by atoms with van der Waals surface area (Å²) in [6, 6.07) is 10.3. The summed E-state index contributed by atoms with van der Waals surface area (Å²) < 4.78 is 5.06. The molecule has 0 bridgehead atoms. The van der Waals surface area contributed by atoms with Crippen LogP contribution < -0.4 is 10.2 Å². The number of aliphatic hydroxyl groups is 1. The molecule has 1 aromatic heterocycles. The average Bonchev–Trinajstić information content (AvgIpc) is 3.02. The molecule has 1 aliphatic heterocycles. The van der Waals surface area contributed by atoms with Crippen molar-refractivity contribution in [1.82, 2.24) is 0 Å². The molecule has 0 aliphatic carbocycles. The molecule has 3 rings (SSSR count). The Morgan fingerprint density at radius 3 is 2.71 bits per heavy atom. The number of furan rings is 1. The van der Waals surface area contributed by atoms with E-state index in [2.05, 4.69) is 16.3 Å². The van der Waals surface area contributed by atoms with Crippen LogP contribution in [0.2, 0.25) is 5.22 Å². The van der Waals surface area contributed by atoms with Gasteiger partial charge in [0, 0.05) is 18.8 Å². The number of benzene rings is 1. The van der Waals surface area contributed by atoms with Crippen LogP contribution in [0.15, 0.2) is 34.7 Å². The van der Waals surface area contributed by atoms with Crippen LogP contribution in [0.4, 0.5) is 11.4 Å². The Morgan fingerprint density at radius 2 is 2.08 bits per heavy atom. The second-order valence-corrected chi connectivity index (χ2v) is 5.99. The van der Waals surface area contributed by atoms with Gasteiger partial charge in [0.2, 0.25) is 0 Å². The number of carbonyl (C=O) groups excluding carboxylic acids is 1. The maximum atomic E-state index is 12.1. The second kappa shape index (κ2) is 6.95. The Labute approximate surface area is 144 Å². The number of piperidine rings is 1. The third-order valence-corrected chi connectivity index (χ3v) is 4.18. The van der Waals surface area contributed by atoms with E-state index in [4.69, 9.17) is 16.0 Å². The zero-order valence-electron chi connectivity index (χ0n) is 12.8. The quantitative estimate of drug-likeness (QED) is 0.892. The summed E-state index contributed by atoms with van der Waals surface area (Å²) in [5.41, 5.74) is 1.79. The lowest BCUT2D eigenvalue weighted by atomic mass is 10.0. The van der Waals surface area contributed by atoms with E-state index in [1.165, 1.54) is 12.1 Å². The zero-order chi connectivity index (χ0) is 17.1. The van der Waals surface area contributed by atoms with Gasteiger partial charge in [-0.15, -0.1) is 0 Å². The largest absolute Gasteiger partial charge is 0.440 e. The van der Waals surface area contributed by atoms with Crippen molar-refractivity contribution in [2.24, 2.45) is 0 Å². The van der Waals surface area contributed by atoms with Crippen LogP contribution in [0.3, 0.4) is 0 Å². The fourth-order valence-electron chi connectivity index (χ4n) is 2.71. The monoisotopic (exact) mass is 345 g/mol. The van der Waals surface area contributed by atoms with Crippen molar-refractivity contribution in [2.45, 2.75) is 18.9 Å². The SMILES string of the molecule is N#Cc1cc(NC(=O)c2ccc(Cl)o2)ccc1N1CCC(O)CC1. The zero-order valence-corrected chi connectivity index (χ0v) is 13.6. The number of aliphatic hydroxyl groups excluding tert-OH is 1. The summed E-state index contributed by atoms with van der Waals surface area (Å²) in [4.78, 5) is 14.1. The van der Waals surface area contributed by atoms with Gasteiger partial charge in [0.25, 0.3) is 5.91 Å². The molecular weight excluding hydrogens is 330 g/mol. The number of anilines is 2. The van der Waals surface area contributed by atoms with Crippen LogP contribution in [0.5, 0.6) is 0 Å². The second-order valence-electron chi connectivity index (χ2n) is 5.62. The summed E-state index contributed by atoms with van der Waals surface area (Å²) in [6.45, 7) is 1.40. The molecule has 1 aromatic carbocycles. The van der Waals surface area contributed by atoms with Crippen molar-refractivity contribution >= 4 is 28.9 Å². The topological polar surface area (TPSA) is 89.5 Å². The van der Waals surface area contributed by atoms with Gasteiger partial charge in [-0.1, -0.05) is 0 Å². The first-order valence-corrected chi connectivity index (χ1v) is 7.98. The maximum Gasteiger partial charge on any atom is 0.291 e. The first-order valence-electron chi connectivity index (χ1n) is 7.60. The standard InChI is InChI=1S/C17H16ClN3O3/c18-16-4-3-15(24-16)17(23)20-12-1-2-14(11(9-12)10-19)21-7-5-13(22)6-8-21/h1-4,9,13,22H,5-8H2,(H,20,23). The van der Waals surface area contributed by atoms with E-state index in [9.17, 15) is 15.2 Å². The van der Waals surface area contributed by atoms with Crippen molar-refractivity contribution in [3.05, 3.63) is 46.9 Å². The number of amides is 1. The van der Waals surface area contributed by atoms with Crippen LogP contribution in [-0.2, 0) is 0 Å². The Balaban J connectivity index is 1.77. The van der Waals surface area contributed by atoms with Gasteiger partial charge in [-0.25, -0.2) is 0 Å². The molecule has 1 aliphatic rings. The lowest BCUT2D eigenvalue weighted by Gasteiger charge is -2.32. The van der Waals surface area contributed by atoms with E-state index in [0.717, 1.165) is 5.69 Å². The molecule has 1 fully saturated rings. The fourth-order valence-corrected chi connectivity index (χ4v) is 2.86. The summed E-state index contributed by atoms with van der Waals surface area (Å²) in [5, 5.41) is 21.8. The smallest absolute Gasteiger partial charge is 0.291 e. The van der Waals surface area contributed by atoms with Gasteiger partial charge in [0.05, 0.1) is 17.4 Å². The Morgan fingerprint density at radius 1 is 1.33 bits per heavy atom. The Kier molecular flexibility index (Phi) is 4.74. The molecule has 0 radical (unpaired) electrons. The predicted molar refractivity (Wildman–Crippen MR) is 90.3 cm³/mol. The van der Waals surface area contributed by atoms with E-state index in [1.807, 2.05) is 0 Å². The highest BCUT2D eigenvalue weighted by molar-refractivity contribution is 6.29. The molecule has 6 nitrogen and oxygen atoms in total. The first-order chi connectivity index (χ1) is 11.6. The van der Waals surface area contributed by atoms with Crippen molar-refractivity contribution in [3.63, 3.8) is 0 Å². The number of nitrogens with one attached hydrogen (secondary N) is 1.